The first-order valence-corrected chi connectivity index (χ1v) is 3.67. The lowest BCUT2D eigenvalue weighted by Crippen LogP contribution is -2.14. The summed E-state index contributed by atoms with van der Waals surface area (Å²) >= 11 is 0. The fraction of sp³-hybridized carbons (Fsp3) is 0. The minimum Gasteiger partial charge on any atom is -0.410 e. The maximum Gasteiger partial charge on any atom is 0.278 e. The molecule has 0 unspecified atom stereocenters. The number of nitrogens with zero attached hydrogens (tertiary/aromatic N) is 1. The van der Waals surface area contributed by atoms with E-state index < -0.39 is 17.5 Å². The average Bonchev–Trinajstić information content (AvgIpc) is 2.49. The van der Waals surface area contributed by atoms with Gasteiger partial charge in [0.1, 0.15) is 0 Å². The van der Waals surface area contributed by atoms with Gasteiger partial charge in [0, 0.05) is 5.56 Å². The van der Waals surface area contributed by atoms with Gasteiger partial charge in [-0.3, -0.25) is 4.79 Å². The number of hydrogen-bond donors (Lipinski definition) is 2. The van der Waals surface area contributed by atoms with Gasteiger partial charge >= 0.3 is 0 Å². The van der Waals surface area contributed by atoms with E-state index in [4.69, 9.17) is 5.21 Å². The van der Waals surface area contributed by atoms with Crippen molar-refractivity contribution in [2.24, 2.45) is 5.16 Å². The van der Waals surface area contributed by atoms with E-state index in [0.29, 0.717) is 0 Å². The molecule has 0 saturated heterocycles. The van der Waals surface area contributed by atoms with Crippen molar-refractivity contribution < 1.29 is 18.8 Å². The SMILES string of the molecule is O=C1Nc2c(ccc(F)c2F)C1=NO. The Labute approximate surface area is 76.8 Å². The zero-order valence-electron chi connectivity index (χ0n) is 6.71. The van der Waals surface area contributed by atoms with E-state index in [0.717, 1.165) is 6.07 Å². The molecule has 0 atom stereocenters. The molecule has 1 aliphatic heterocycles. The molecule has 1 amide bonds. The highest BCUT2D eigenvalue weighted by Crippen LogP contribution is 2.27. The molecule has 0 aliphatic carbocycles. The van der Waals surface area contributed by atoms with E-state index in [9.17, 15) is 13.6 Å². The summed E-state index contributed by atoms with van der Waals surface area (Å²) in [6.07, 6.45) is 0. The van der Waals surface area contributed by atoms with Gasteiger partial charge in [-0.2, -0.15) is 0 Å². The summed E-state index contributed by atoms with van der Waals surface area (Å²) in [5.74, 6) is -2.98. The van der Waals surface area contributed by atoms with Crippen LogP contribution < -0.4 is 5.32 Å². The minimum atomic E-state index is -1.16. The Hall–Kier alpha value is -1.98. The van der Waals surface area contributed by atoms with Crippen LogP contribution in [0.5, 0.6) is 0 Å². The maximum atomic E-state index is 13.1. The number of amides is 1. The van der Waals surface area contributed by atoms with Crippen molar-refractivity contribution in [1.29, 1.82) is 0 Å². The number of carbonyl (C=O) groups is 1. The lowest BCUT2D eigenvalue weighted by atomic mass is 10.1. The van der Waals surface area contributed by atoms with Crippen LogP contribution in [0, 0.1) is 11.6 Å². The first-order valence-electron chi connectivity index (χ1n) is 3.67. The van der Waals surface area contributed by atoms with Crippen LogP contribution in [0.3, 0.4) is 0 Å². The van der Waals surface area contributed by atoms with Crippen LogP contribution in [-0.4, -0.2) is 16.8 Å². The number of carbonyl (C=O) groups excluding carboxylic acids is 1. The second-order valence-corrected chi connectivity index (χ2v) is 2.69. The molecule has 0 bridgehead atoms. The van der Waals surface area contributed by atoms with Gasteiger partial charge in [-0.05, 0) is 12.1 Å². The van der Waals surface area contributed by atoms with Gasteiger partial charge in [0.15, 0.2) is 17.3 Å². The molecule has 1 heterocycles. The number of anilines is 1. The Balaban J connectivity index is 2.70. The Morgan fingerprint density at radius 2 is 2.07 bits per heavy atom. The summed E-state index contributed by atoms with van der Waals surface area (Å²) in [5, 5.41) is 13.2. The number of halogens is 2. The van der Waals surface area contributed by atoms with E-state index in [-0.39, 0.29) is 17.0 Å². The monoisotopic (exact) mass is 198 g/mol. The molecule has 0 radical (unpaired) electrons. The topological polar surface area (TPSA) is 61.7 Å². The summed E-state index contributed by atoms with van der Waals surface area (Å²) in [6, 6.07) is 2.03. The quantitative estimate of drug-likeness (QED) is 0.484. The van der Waals surface area contributed by atoms with Crippen molar-refractivity contribution in [3.63, 3.8) is 0 Å². The van der Waals surface area contributed by atoms with E-state index in [1.165, 1.54) is 6.07 Å². The normalized spacial score (nSPS) is 17.0. The molecule has 4 nitrogen and oxygen atoms in total. The molecule has 0 saturated carbocycles. The van der Waals surface area contributed by atoms with E-state index >= 15 is 0 Å². The molecular formula is C8H4F2N2O2. The maximum absolute atomic E-state index is 13.1. The molecule has 14 heavy (non-hydrogen) atoms. The van der Waals surface area contributed by atoms with Crippen molar-refractivity contribution in [3.8, 4) is 0 Å². The molecule has 0 spiro atoms. The second-order valence-electron chi connectivity index (χ2n) is 2.69. The highest BCUT2D eigenvalue weighted by Gasteiger charge is 2.30. The summed E-state index contributed by atoms with van der Waals surface area (Å²) in [6.45, 7) is 0. The number of oxime groups is 1. The summed E-state index contributed by atoms with van der Waals surface area (Å²) in [7, 11) is 0. The first kappa shape index (κ1) is 8.61. The van der Waals surface area contributed by atoms with E-state index in [1.807, 2.05) is 0 Å². The number of rotatable bonds is 0. The zero-order valence-corrected chi connectivity index (χ0v) is 6.71. The van der Waals surface area contributed by atoms with Gasteiger partial charge < -0.3 is 10.5 Å². The largest absolute Gasteiger partial charge is 0.410 e. The third kappa shape index (κ3) is 0.968. The highest BCUT2D eigenvalue weighted by atomic mass is 19.2. The molecule has 1 aromatic rings. The molecule has 0 aromatic heterocycles. The number of hydrogen-bond acceptors (Lipinski definition) is 3. The summed E-state index contributed by atoms with van der Waals surface area (Å²) in [5.41, 5.74) is -0.557. The molecule has 1 aliphatic rings. The molecule has 6 heteroatoms. The number of benzene rings is 1. The Kier molecular flexibility index (Phi) is 1.70. The number of fused-ring (bicyclic) bond motifs is 1. The van der Waals surface area contributed by atoms with Gasteiger partial charge in [-0.1, -0.05) is 5.16 Å². The number of nitrogens with one attached hydrogen (secondary N) is 1. The lowest BCUT2D eigenvalue weighted by Gasteiger charge is -1.99. The predicted molar refractivity (Wildman–Crippen MR) is 43.3 cm³/mol. The molecule has 2 N–H and O–H groups in total. The van der Waals surface area contributed by atoms with Crippen LogP contribution in [0.1, 0.15) is 5.56 Å². The van der Waals surface area contributed by atoms with Crippen molar-refractivity contribution in [1.82, 2.24) is 0 Å². The van der Waals surface area contributed by atoms with Crippen molar-refractivity contribution in [2.75, 3.05) is 5.32 Å². The fourth-order valence-electron chi connectivity index (χ4n) is 1.26. The second kappa shape index (κ2) is 2.76. The zero-order chi connectivity index (χ0) is 10.3. The average molecular weight is 198 g/mol. The van der Waals surface area contributed by atoms with E-state index in [2.05, 4.69) is 10.5 Å². The van der Waals surface area contributed by atoms with Crippen molar-refractivity contribution in [3.05, 3.63) is 29.3 Å². The van der Waals surface area contributed by atoms with Gasteiger partial charge in [0.05, 0.1) is 5.69 Å². The minimum absolute atomic E-state index is 0.0522. The van der Waals surface area contributed by atoms with Crippen LogP contribution in [-0.2, 0) is 4.79 Å². The smallest absolute Gasteiger partial charge is 0.278 e. The Bertz CT molecular complexity index is 457. The van der Waals surface area contributed by atoms with Gasteiger partial charge in [-0.25, -0.2) is 8.78 Å². The van der Waals surface area contributed by atoms with Crippen molar-refractivity contribution in [2.45, 2.75) is 0 Å². The standard InChI is InChI=1S/C8H4F2N2O2/c9-4-2-1-3-6(5(4)10)11-8(13)7(3)12-14/h1-2,14H,(H,11,12,13). The lowest BCUT2D eigenvalue weighted by molar-refractivity contribution is -0.110. The van der Waals surface area contributed by atoms with Gasteiger partial charge in [-0.15, -0.1) is 0 Å². The third-order valence-electron chi connectivity index (χ3n) is 1.90. The van der Waals surface area contributed by atoms with Crippen LogP contribution >= 0.6 is 0 Å². The van der Waals surface area contributed by atoms with E-state index in [1.54, 1.807) is 0 Å². The van der Waals surface area contributed by atoms with Crippen LogP contribution in [0.4, 0.5) is 14.5 Å². The van der Waals surface area contributed by atoms with Gasteiger partial charge in [0.25, 0.3) is 5.91 Å². The van der Waals surface area contributed by atoms with Crippen LogP contribution in [0.2, 0.25) is 0 Å². The molecule has 2 rings (SSSR count). The third-order valence-corrected chi connectivity index (χ3v) is 1.90. The first-order chi connectivity index (χ1) is 6.65. The van der Waals surface area contributed by atoms with Crippen molar-refractivity contribution >= 4 is 17.3 Å². The van der Waals surface area contributed by atoms with Crippen LogP contribution in [0.15, 0.2) is 17.3 Å². The summed E-state index contributed by atoms with van der Waals surface area (Å²) < 4.78 is 25.8. The highest BCUT2D eigenvalue weighted by molar-refractivity contribution is 6.53. The summed E-state index contributed by atoms with van der Waals surface area (Å²) in [4.78, 5) is 11.0. The molecule has 0 fully saturated rings. The Morgan fingerprint density at radius 1 is 1.36 bits per heavy atom. The van der Waals surface area contributed by atoms with Crippen LogP contribution in [0.25, 0.3) is 0 Å². The molecule has 1 aromatic carbocycles. The predicted octanol–water partition coefficient (Wildman–Crippen LogP) is 1.10. The molecule has 72 valence electrons. The fourth-order valence-corrected chi connectivity index (χ4v) is 1.26. The van der Waals surface area contributed by atoms with Gasteiger partial charge in [0.2, 0.25) is 0 Å². The Morgan fingerprint density at radius 3 is 2.71 bits per heavy atom. The molecular weight excluding hydrogens is 194 g/mol.